The third kappa shape index (κ3) is 3.59. The van der Waals surface area contributed by atoms with Crippen molar-refractivity contribution in [2.75, 3.05) is 32.1 Å². The lowest BCUT2D eigenvalue weighted by molar-refractivity contribution is 0.191. The van der Waals surface area contributed by atoms with Crippen LogP contribution >= 0.6 is 0 Å². The minimum atomic E-state index is -0.397. The van der Waals surface area contributed by atoms with Crippen molar-refractivity contribution in [2.45, 2.75) is 25.5 Å². The summed E-state index contributed by atoms with van der Waals surface area (Å²) in [5.74, 6) is 0.450. The second-order valence-corrected chi connectivity index (χ2v) is 5.64. The van der Waals surface area contributed by atoms with Crippen LogP contribution in [-0.2, 0) is 0 Å². The van der Waals surface area contributed by atoms with E-state index in [1.165, 1.54) is 0 Å². The van der Waals surface area contributed by atoms with Crippen LogP contribution in [0.25, 0.3) is 0 Å². The fourth-order valence-electron chi connectivity index (χ4n) is 2.60. The number of aromatic nitrogens is 2. The van der Waals surface area contributed by atoms with Crippen molar-refractivity contribution in [3.63, 3.8) is 0 Å². The molecule has 1 aromatic rings. The number of amidine groups is 1. The maximum atomic E-state index is 9.93. The molecule has 2 unspecified atom stereocenters. The third-order valence-corrected chi connectivity index (χ3v) is 3.44. The predicted octanol–water partition coefficient (Wildman–Crippen LogP) is -0.619. The number of anilines is 1. The molecule has 1 aliphatic rings. The number of hydrogen-bond donors (Lipinski definition) is 3. The number of β-amino-alcohol motifs (C(OH)–C–C–N with tert-alkyl or cyclic N) is 1. The van der Waals surface area contributed by atoms with Gasteiger partial charge in [0.1, 0.15) is 5.69 Å². The zero-order chi connectivity index (χ0) is 15.6. The first-order chi connectivity index (χ1) is 9.90. The normalized spacial score (nSPS) is 23.1. The van der Waals surface area contributed by atoms with E-state index in [1.54, 1.807) is 6.07 Å². The number of rotatable bonds is 4. The van der Waals surface area contributed by atoms with E-state index >= 15 is 0 Å². The number of likely N-dealkylation sites (N-methyl/N-ethyl adjacent to an activating group) is 1. The van der Waals surface area contributed by atoms with Crippen molar-refractivity contribution in [1.29, 1.82) is 0 Å². The van der Waals surface area contributed by atoms with Gasteiger partial charge in [-0.25, -0.2) is 9.97 Å². The minimum Gasteiger partial charge on any atom is -0.409 e. The number of aliphatic hydroxyl groups is 1. The van der Waals surface area contributed by atoms with Gasteiger partial charge in [0.05, 0.1) is 6.10 Å². The van der Waals surface area contributed by atoms with Crippen molar-refractivity contribution >= 4 is 11.8 Å². The fourth-order valence-corrected chi connectivity index (χ4v) is 2.60. The Morgan fingerprint density at radius 3 is 2.86 bits per heavy atom. The van der Waals surface area contributed by atoms with Gasteiger partial charge in [0.2, 0.25) is 5.95 Å². The van der Waals surface area contributed by atoms with Crippen molar-refractivity contribution in [3.05, 3.63) is 17.5 Å². The molecule has 2 atom stereocenters. The lowest BCUT2D eigenvalue weighted by Crippen LogP contribution is -2.39. The van der Waals surface area contributed by atoms with Crippen LogP contribution in [0.4, 0.5) is 5.95 Å². The van der Waals surface area contributed by atoms with E-state index < -0.39 is 6.10 Å². The summed E-state index contributed by atoms with van der Waals surface area (Å²) in [6.07, 6.45) is 0.278. The standard InChI is InChI=1S/C13H22N6O2/c1-8-4-11(12(14)17-21)16-13(15-8)19-7-10(20)5-9(19)6-18(2)3/h4,9-10,20-21H,5-7H2,1-3H3,(H2,14,17). The molecule has 0 aliphatic carbocycles. The molecule has 0 aromatic carbocycles. The number of hydrogen-bond acceptors (Lipinski definition) is 7. The molecule has 0 amide bonds. The number of nitrogens with two attached hydrogens (primary N) is 1. The van der Waals surface area contributed by atoms with E-state index in [0.717, 1.165) is 12.2 Å². The lowest BCUT2D eigenvalue weighted by atomic mass is 10.2. The van der Waals surface area contributed by atoms with E-state index in [4.69, 9.17) is 10.9 Å². The molecule has 1 fully saturated rings. The Bertz CT molecular complexity index is 533. The van der Waals surface area contributed by atoms with Crippen LogP contribution in [0.3, 0.4) is 0 Å². The average Bonchev–Trinajstić information content (AvgIpc) is 2.77. The van der Waals surface area contributed by atoms with Gasteiger partial charge in [0, 0.05) is 24.8 Å². The summed E-state index contributed by atoms with van der Waals surface area (Å²) in [5, 5.41) is 21.7. The van der Waals surface area contributed by atoms with Crippen LogP contribution in [0.5, 0.6) is 0 Å². The summed E-state index contributed by atoms with van der Waals surface area (Å²) in [4.78, 5) is 12.8. The maximum absolute atomic E-state index is 9.93. The minimum absolute atomic E-state index is 0.0503. The van der Waals surface area contributed by atoms with E-state index in [-0.39, 0.29) is 11.9 Å². The number of nitrogens with zero attached hydrogens (tertiary/aromatic N) is 5. The highest BCUT2D eigenvalue weighted by atomic mass is 16.4. The molecule has 1 saturated heterocycles. The molecule has 0 saturated carbocycles. The fraction of sp³-hybridized carbons (Fsp3) is 0.615. The molecule has 8 nitrogen and oxygen atoms in total. The van der Waals surface area contributed by atoms with Crippen LogP contribution in [-0.4, -0.2) is 70.3 Å². The Morgan fingerprint density at radius 2 is 2.24 bits per heavy atom. The van der Waals surface area contributed by atoms with Gasteiger partial charge in [-0.1, -0.05) is 5.16 Å². The van der Waals surface area contributed by atoms with Crippen LogP contribution in [0.1, 0.15) is 17.8 Å². The van der Waals surface area contributed by atoms with Gasteiger partial charge in [-0.2, -0.15) is 0 Å². The molecule has 1 aromatic heterocycles. The molecule has 4 N–H and O–H groups in total. The Balaban J connectivity index is 2.33. The second kappa shape index (κ2) is 6.23. The van der Waals surface area contributed by atoms with Crippen LogP contribution in [0.2, 0.25) is 0 Å². The van der Waals surface area contributed by atoms with E-state index in [9.17, 15) is 5.11 Å². The second-order valence-electron chi connectivity index (χ2n) is 5.64. The Kier molecular flexibility index (Phi) is 4.59. The van der Waals surface area contributed by atoms with E-state index in [0.29, 0.717) is 24.6 Å². The molecule has 2 heterocycles. The van der Waals surface area contributed by atoms with Gasteiger partial charge in [0.25, 0.3) is 0 Å². The Labute approximate surface area is 123 Å². The highest BCUT2D eigenvalue weighted by Crippen LogP contribution is 2.23. The first-order valence-electron chi connectivity index (χ1n) is 6.83. The predicted molar refractivity (Wildman–Crippen MR) is 79.6 cm³/mol. The zero-order valence-corrected chi connectivity index (χ0v) is 12.6. The molecule has 116 valence electrons. The summed E-state index contributed by atoms with van der Waals surface area (Å²) in [6.45, 7) is 3.11. The number of aryl methyl sites for hydroxylation is 1. The molecule has 2 rings (SSSR count). The molecule has 0 spiro atoms. The van der Waals surface area contributed by atoms with Crippen molar-refractivity contribution in [3.8, 4) is 0 Å². The van der Waals surface area contributed by atoms with Crippen LogP contribution in [0.15, 0.2) is 11.2 Å². The average molecular weight is 294 g/mol. The van der Waals surface area contributed by atoms with Gasteiger partial charge in [-0.15, -0.1) is 0 Å². The van der Waals surface area contributed by atoms with Crippen molar-refractivity contribution in [2.24, 2.45) is 10.9 Å². The van der Waals surface area contributed by atoms with Gasteiger partial charge < -0.3 is 25.8 Å². The summed E-state index contributed by atoms with van der Waals surface area (Å²) < 4.78 is 0. The Hall–Kier alpha value is -1.93. The maximum Gasteiger partial charge on any atom is 0.226 e. The zero-order valence-electron chi connectivity index (χ0n) is 12.6. The van der Waals surface area contributed by atoms with Gasteiger partial charge in [-0.3, -0.25) is 0 Å². The van der Waals surface area contributed by atoms with Crippen LogP contribution in [0, 0.1) is 6.92 Å². The van der Waals surface area contributed by atoms with Crippen molar-refractivity contribution < 1.29 is 10.3 Å². The highest BCUT2D eigenvalue weighted by Gasteiger charge is 2.33. The summed E-state index contributed by atoms with van der Waals surface area (Å²) in [5.41, 5.74) is 6.71. The smallest absolute Gasteiger partial charge is 0.226 e. The molecule has 0 radical (unpaired) electrons. The molecule has 0 bridgehead atoms. The molecule has 8 heteroatoms. The lowest BCUT2D eigenvalue weighted by Gasteiger charge is -2.27. The third-order valence-electron chi connectivity index (χ3n) is 3.44. The van der Waals surface area contributed by atoms with Gasteiger partial charge in [-0.05, 0) is 33.5 Å². The summed E-state index contributed by atoms with van der Waals surface area (Å²) >= 11 is 0. The van der Waals surface area contributed by atoms with E-state index in [1.807, 2.05) is 25.9 Å². The monoisotopic (exact) mass is 294 g/mol. The number of oxime groups is 1. The first-order valence-corrected chi connectivity index (χ1v) is 6.83. The Morgan fingerprint density at radius 1 is 1.52 bits per heavy atom. The highest BCUT2D eigenvalue weighted by molar-refractivity contribution is 5.95. The topological polar surface area (TPSA) is 111 Å². The van der Waals surface area contributed by atoms with Crippen molar-refractivity contribution in [1.82, 2.24) is 14.9 Å². The quantitative estimate of drug-likeness (QED) is 0.294. The molecule has 21 heavy (non-hydrogen) atoms. The summed E-state index contributed by atoms with van der Waals surface area (Å²) in [7, 11) is 3.98. The summed E-state index contributed by atoms with van der Waals surface area (Å²) in [6, 6.07) is 1.79. The van der Waals surface area contributed by atoms with Crippen LogP contribution < -0.4 is 10.6 Å². The number of aliphatic hydroxyl groups excluding tert-OH is 1. The largest absolute Gasteiger partial charge is 0.409 e. The first kappa shape index (κ1) is 15.5. The molecule has 1 aliphatic heterocycles. The van der Waals surface area contributed by atoms with Gasteiger partial charge in [0.15, 0.2) is 5.84 Å². The SMILES string of the molecule is Cc1cc(/C(N)=N/O)nc(N2CC(O)CC2CN(C)C)n1. The van der Waals surface area contributed by atoms with E-state index in [2.05, 4.69) is 20.0 Å². The molecular weight excluding hydrogens is 272 g/mol. The van der Waals surface area contributed by atoms with Gasteiger partial charge >= 0.3 is 0 Å². The molecular formula is C13H22N6O2.